The Bertz CT molecular complexity index is 951. The van der Waals surface area contributed by atoms with E-state index >= 15 is 0 Å². The zero-order valence-corrected chi connectivity index (χ0v) is 19.5. The fourth-order valence-corrected chi connectivity index (χ4v) is 4.15. The van der Waals surface area contributed by atoms with Crippen LogP contribution in [0.1, 0.15) is 11.4 Å². The Balaban J connectivity index is 1.38. The van der Waals surface area contributed by atoms with Crippen LogP contribution in [0.2, 0.25) is 0 Å². The first kappa shape index (κ1) is 22.1. The SMILES string of the molecule is COc1ccc(C)cc1NC(=O)N1CCN(c2cc(N3CCN(C)CC3)nc(C)n2)CC1. The van der Waals surface area contributed by atoms with Crippen molar-refractivity contribution in [3.8, 4) is 5.75 Å². The minimum atomic E-state index is -0.106. The van der Waals surface area contributed by atoms with E-state index in [1.165, 1.54) is 0 Å². The van der Waals surface area contributed by atoms with Crippen molar-refractivity contribution < 1.29 is 9.53 Å². The average Bonchev–Trinajstić information content (AvgIpc) is 2.79. The number of urea groups is 1. The highest BCUT2D eigenvalue weighted by molar-refractivity contribution is 5.91. The molecule has 1 N–H and O–H groups in total. The second-order valence-corrected chi connectivity index (χ2v) is 8.53. The van der Waals surface area contributed by atoms with E-state index in [1.54, 1.807) is 7.11 Å². The number of likely N-dealkylation sites (N-methyl/N-ethyl adjacent to an activating group) is 1. The van der Waals surface area contributed by atoms with Crippen molar-refractivity contribution in [3.05, 3.63) is 35.7 Å². The number of hydrogen-bond donors (Lipinski definition) is 1. The van der Waals surface area contributed by atoms with E-state index in [4.69, 9.17) is 4.74 Å². The van der Waals surface area contributed by atoms with Crippen LogP contribution in [0, 0.1) is 13.8 Å². The lowest BCUT2D eigenvalue weighted by Gasteiger charge is -2.36. The molecule has 2 aliphatic heterocycles. The Morgan fingerprint density at radius 2 is 1.50 bits per heavy atom. The van der Waals surface area contributed by atoms with Crippen LogP contribution in [0.5, 0.6) is 5.75 Å². The van der Waals surface area contributed by atoms with Crippen LogP contribution >= 0.6 is 0 Å². The molecule has 2 amide bonds. The molecule has 0 atom stereocenters. The van der Waals surface area contributed by atoms with Crippen LogP contribution in [0.15, 0.2) is 24.3 Å². The fourth-order valence-electron chi connectivity index (χ4n) is 4.15. The number of aromatic nitrogens is 2. The van der Waals surface area contributed by atoms with Crippen LogP contribution < -0.4 is 19.9 Å². The molecule has 1 aromatic carbocycles. The molecular weight excluding hydrogens is 406 g/mol. The summed E-state index contributed by atoms with van der Waals surface area (Å²) in [7, 11) is 3.76. The topological polar surface area (TPSA) is 77.1 Å². The minimum Gasteiger partial charge on any atom is -0.495 e. The smallest absolute Gasteiger partial charge is 0.322 e. The van der Waals surface area contributed by atoms with E-state index in [-0.39, 0.29) is 6.03 Å². The number of nitrogens with zero attached hydrogens (tertiary/aromatic N) is 6. The maximum atomic E-state index is 12.8. The van der Waals surface area contributed by atoms with Crippen molar-refractivity contribution in [2.45, 2.75) is 13.8 Å². The van der Waals surface area contributed by atoms with Gasteiger partial charge in [0.05, 0.1) is 12.8 Å². The Kier molecular flexibility index (Phi) is 6.64. The van der Waals surface area contributed by atoms with Crippen LogP contribution in [0.3, 0.4) is 0 Å². The van der Waals surface area contributed by atoms with Gasteiger partial charge in [-0.05, 0) is 38.6 Å². The highest BCUT2D eigenvalue weighted by atomic mass is 16.5. The molecule has 2 saturated heterocycles. The Hall–Kier alpha value is -3.07. The summed E-state index contributed by atoms with van der Waals surface area (Å²) >= 11 is 0. The number of rotatable bonds is 4. The Labute approximate surface area is 190 Å². The number of nitrogens with one attached hydrogen (secondary N) is 1. The molecule has 2 fully saturated rings. The molecular formula is C23H33N7O2. The number of hydrogen-bond acceptors (Lipinski definition) is 7. The molecule has 0 bridgehead atoms. The molecule has 9 heteroatoms. The number of carbonyl (C=O) groups is 1. The number of aryl methyl sites for hydroxylation is 2. The van der Waals surface area contributed by atoms with Crippen LogP contribution in [-0.2, 0) is 0 Å². The molecule has 32 heavy (non-hydrogen) atoms. The highest BCUT2D eigenvalue weighted by Gasteiger charge is 2.24. The van der Waals surface area contributed by atoms with Gasteiger partial charge in [0.15, 0.2) is 0 Å². The summed E-state index contributed by atoms with van der Waals surface area (Å²) < 4.78 is 5.38. The summed E-state index contributed by atoms with van der Waals surface area (Å²) in [5.41, 5.74) is 1.77. The predicted molar refractivity (Wildman–Crippen MR) is 127 cm³/mol. The van der Waals surface area contributed by atoms with Gasteiger partial charge in [-0.15, -0.1) is 0 Å². The zero-order chi connectivity index (χ0) is 22.7. The fraction of sp³-hybridized carbons (Fsp3) is 0.522. The molecule has 9 nitrogen and oxygen atoms in total. The molecule has 4 rings (SSSR count). The molecule has 2 aliphatic rings. The summed E-state index contributed by atoms with van der Waals surface area (Å²) in [5.74, 6) is 3.37. The van der Waals surface area contributed by atoms with Gasteiger partial charge in [0.1, 0.15) is 23.2 Å². The molecule has 0 aliphatic carbocycles. The molecule has 0 spiro atoms. The second kappa shape index (κ2) is 9.60. The van der Waals surface area contributed by atoms with Gasteiger partial charge in [-0.2, -0.15) is 0 Å². The number of carbonyl (C=O) groups excluding carboxylic acids is 1. The minimum absolute atomic E-state index is 0.106. The lowest BCUT2D eigenvalue weighted by Crippen LogP contribution is -2.50. The van der Waals surface area contributed by atoms with E-state index in [2.05, 4.69) is 43.1 Å². The number of anilines is 3. The number of amides is 2. The van der Waals surface area contributed by atoms with Crippen molar-refractivity contribution in [2.24, 2.45) is 0 Å². The van der Waals surface area contributed by atoms with Crippen molar-refractivity contribution >= 4 is 23.4 Å². The first-order valence-corrected chi connectivity index (χ1v) is 11.2. The maximum absolute atomic E-state index is 12.8. The van der Waals surface area contributed by atoms with Gasteiger partial charge < -0.3 is 29.7 Å². The lowest BCUT2D eigenvalue weighted by molar-refractivity contribution is 0.208. The molecule has 172 valence electrons. The molecule has 0 unspecified atom stereocenters. The van der Waals surface area contributed by atoms with Crippen molar-refractivity contribution in [1.29, 1.82) is 0 Å². The summed E-state index contributed by atoms with van der Waals surface area (Å²) in [5, 5.41) is 3.00. The van der Waals surface area contributed by atoms with E-state index < -0.39 is 0 Å². The van der Waals surface area contributed by atoms with Gasteiger partial charge >= 0.3 is 6.03 Å². The number of methoxy groups -OCH3 is 1. The third kappa shape index (κ3) is 5.04. The van der Waals surface area contributed by atoms with E-state index in [0.717, 1.165) is 62.3 Å². The molecule has 3 heterocycles. The Morgan fingerprint density at radius 3 is 2.09 bits per heavy atom. The third-order valence-corrected chi connectivity index (χ3v) is 6.13. The molecule has 0 radical (unpaired) electrons. The monoisotopic (exact) mass is 439 g/mol. The Morgan fingerprint density at radius 1 is 0.906 bits per heavy atom. The molecule has 1 aromatic heterocycles. The first-order chi connectivity index (χ1) is 15.4. The van der Waals surface area contributed by atoms with Gasteiger partial charge in [0, 0.05) is 58.4 Å². The summed E-state index contributed by atoms with van der Waals surface area (Å²) in [4.78, 5) is 30.9. The molecule has 0 saturated carbocycles. The lowest BCUT2D eigenvalue weighted by atomic mass is 10.2. The van der Waals surface area contributed by atoms with Gasteiger partial charge in [0.2, 0.25) is 0 Å². The highest BCUT2D eigenvalue weighted by Crippen LogP contribution is 2.26. The van der Waals surface area contributed by atoms with Gasteiger partial charge in [-0.25, -0.2) is 14.8 Å². The number of benzene rings is 1. The quantitative estimate of drug-likeness (QED) is 0.783. The van der Waals surface area contributed by atoms with Crippen molar-refractivity contribution in [1.82, 2.24) is 19.8 Å². The van der Waals surface area contributed by atoms with E-state index in [9.17, 15) is 4.79 Å². The standard InChI is InChI=1S/C23H33N7O2/c1-17-5-6-20(32-4)19(15-17)26-23(31)30-13-11-29(12-14-30)22-16-21(24-18(2)25-22)28-9-7-27(3)8-10-28/h5-6,15-16H,7-14H2,1-4H3,(H,26,31). The summed E-state index contributed by atoms with van der Waals surface area (Å²) in [6.07, 6.45) is 0. The second-order valence-electron chi connectivity index (χ2n) is 8.53. The summed E-state index contributed by atoms with van der Waals surface area (Å²) in [6.45, 7) is 10.7. The van der Waals surface area contributed by atoms with Gasteiger partial charge in [-0.1, -0.05) is 6.07 Å². The van der Waals surface area contributed by atoms with Crippen LogP contribution in [0.25, 0.3) is 0 Å². The van der Waals surface area contributed by atoms with Gasteiger partial charge in [0.25, 0.3) is 0 Å². The maximum Gasteiger partial charge on any atom is 0.322 e. The molecule has 2 aromatic rings. The zero-order valence-electron chi connectivity index (χ0n) is 19.5. The van der Waals surface area contributed by atoms with Crippen molar-refractivity contribution in [2.75, 3.05) is 81.6 Å². The van der Waals surface area contributed by atoms with Crippen LogP contribution in [-0.4, -0.2) is 92.3 Å². The third-order valence-electron chi connectivity index (χ3n) is 6.13. The van der Waals surface area contributed by atoms with Gasteiger partial charge in [-0.3, -0.25) is 0 Å². The normalized spacial score (nSPS) is 17.4. The average molecular weight is 440 g/mol. The van der Waals surface area contributed by atoms with Crippen LogP contribution in [0.4, 0.5) is 22.1 Å². The largest absolute Gasteiger partial charge is 0.495 e. The first-order valence-electron chi connectivity index (χ1n) is 11.2. The van der Waals surface area contributed by atoms with E-state index in [1.807, 2.05) is 36.9 Å². The predicted octanol–water partition coefficient (Wildman–Crippen LogP) is 2.21. The van der Waals surface area contributed by atoms with Crippen molar-refractivity contribution in [3.63, 3.8) is 0 Å². The summed E-state index contributed by atoms with van der Waals surface area (Å²) in [6, 6.07) is 7.75. The van der Waals surface area contributed by atoms with E-state index in [0.29, 0.717) is 24.5 Å². The number of piperazine rings is 2. The number of ether oxygens (including phenoxy) is 1.